The zero-order valence-corrected chi connectivity index (χ0v) is 14.0. The van der Waals surface area contributed by atoms with E-state index < -0.39 is 42.0 Å². The lowest BCUT2D eigenvalue weighted by Gasteiger charge is -2.32. The van der Waals surface area contributed by atoms with Crippen molar-refractivity contribution in [1.29, 1.82) is 0 Å². The number of carbonyl (C=O) groups is 2. The number of esters is 2. The van der Waals surface area contributed by atoms with E-state index in [0.717, 1.165) is 26.4 Å². The average molecular weight is 374 g/mol. The fourth-order valence-electron chi connectivity index (χ4n) is 2.10. The second-order valence-electron chi connectivity index (χ2n) is 4.87. The summed E-state index contributed by atoms with van der Waals surface area (Å²) >= 11 is 0. The number of benzene rings is 1. The largest absolute Gasteiger partial charge is 0.467 e. The molecule has 0 amide bonds. The molecule has 0 saturated carbocycles. The van der Waals surface area contributed by atoms with Gasteiger partial charge in [0.2, 0.25) is 0 Å². The highest BCUT2D eigenvalue weighted by atomic mass is 19.4. The third-order valence-electron chi connectivity index (χ3n) is 3.37. The minimum Gasteiger partial charge on any atom is -0.467 e. The van der Waals surface area contributed by atoms with Gasteiger partial charge in [0.05, 0.1) is 7.11 Å². The van der Waals surface area contributed by atoms with Gasteiger partial charge in [0, 0.05) is 12.7 Å². The number of rotatable bonds is 8. The van der Waals surface area contributed by atoms with Crippen LogP contribution in [0.4, 0.5) is 13.2 Å². The first-order chi connectivity index (χ1) is 12.2. The molecule has 2 atom stereocenters. The summed E-state index contributed by atoms with van der Waals surface area (Å²) < 4.78 is 59.7. The first kappa shape index (κ1) is 21.5. The molecule has 9 heteroatoms. The summed E-state index contributed by atoms with van der Waals surface area (Å²) in [5, 5.41) is 0. The quantitative estimate of drug-likeness (QED) is 0.511. The first-order valence-electron chi connectivity index (χ1n) is 7.22. The van der Waals surface area contributed by atoms with E-state index in [-0.39, 0.29) is 6.61 Å². The van der Waals surface area contributed by atoms with Crippen LogP contribution in [0, 0.1) is 12.3 Å². The molecule has 0 aromatic heterocycles. The van der Waals surface area contributed by atoms with Gasteiger partial charge >= 0.3 is 18.1 Å². The van der Waals surface area contributed by atoms with Gasteiger partial charge in [-0.1, -0.05) is 36.3 Å². The van der Waals surface area contributed by atoms with Gasteiger partial charge in [0.15, 0.2) is 6.10 Å². The van der Waals surface area contributed by atoms with E-state index in [0.29, 0.717) is 0 Å². The van der Waals surface area contributed by atoms with Crippen molar-refractivity contribution in [2.24, 2.45) is 0 Å². The molecular weight excluding hydrogens is 357 g/mol. The maximum atomic E-state index is 13.7. The maximum Gasteiger partial charge on any atom is 0.432 e. The average Bonchev–Trinajstić information content (AvgIpc) is 2.62. The van der Waals surface area contributed by atoms with Crippen LogP contribution in [0.25, 0.3) is 0 Å². The van der Waals surface area contributed by atoms with Crippen LogP contribution < -0.4 is 0 Å². The highest BCUT2D eigenvalue weighted by Crippen LogP contribution is 2.42. The standard InChI is InChI=1S/C17H17F3O6/c1-4-10-25-13(14(21)23-2)11-26-15(22)16(24-3,17(18,19)20)12-8-6-5-7-9-12/h1,5-9,13H,10-11H2,2-3H3/t13-,16?/m1/s1. The van der Waals surface area contributed by atoms with Crippen LogP contribution in [0.3, 0.4) is 0 Å². The zero-order chi connectivity index (χ0) is 19.8. The molecule has 26 heavy (non-hydrogen) atoms. The Labute approximate surface area is 148 Å². The van der Waals surface area contributed by atoms with E-state index in [2.05, 4.69) is 20.1 Å². The normalized spacial score (nSPS) is 14.6. The molecule has 1 rings (SSSR count). The lowest BCUT2D eigenvalue weighted by atomic mass is 9.93. The van der Waals surface area contributed by atoms with Crippen molar-refractivity contribution in [2.45, 2.75) is 17.9 Å². The summed E-state index contributed by atoms with van der Waals surface area (Å²) in [6, 6.07) is 6.26. The number of hydrogen-bond acceptors (Lipinski definition) is 6. The smallest absolute Gasteiger partial charge is 0.432 e. The van der Waals surface area contributed by atoms with Crippen molar-refractivity contribution in [3.63, 3.8) is 0 Å². The summed E-state index contributed by atoms with van der Waals surface area (Å²) in [6.45, 7) is -1.16. The minimum atomic E-state index is -5.12. The van der Waals surface area contributed by atoms with E-state index in [9.17, 15) is 22.8 Å². The molecule has 0 aliphatic rings. The number of terminal acetylenes is 1. The molecule has 0 bridgehead atoms. The number of carbonyl (C=O) groups excluding carboxylic acids is 2. The Balaban J connectivity index is 3.11. The van der Waals surface area contributed by atoms with Gasteiger partial charge in [-0.25, -0.2) is 9.59 Å². The lowest BCUT2D eigenvalue weighted by Crippen LogP contribution is -2.52. The molecule has 0 radical (unpaired) electrons. The fourth-order valence-corrected chi connectivity index (χ4v) is 2.10. The number of ether oxygens (including phenoxy) is 4. The molecule has 1 unspecified atom stereocenters. The van der Waals surface area contributed by atoms with Crippen LogP contribution in [0.1, 0.15) is 5.56 Å². The van der Waals surface area contributed by atoms with Crippen molar-refractivity contribution in [1.82, 2.24) is 0 Å². The molecule has 6 nitrogen and oxygen atoms in total. The Morgan fingerprint density at radius 2 is 1.81 bits per heavy atom. The summed E-state index contributed by atoms with van der Waals surface area (Å²) in [6.07, 6.45) is -1.60. The highest BCUT2D eigenvalue weighted by Gasteiger charge is 2.64. The van der Waals surface area contributed by atoms with Gasteiger partial charge in [-0.05, 0) is 0 Å². The van der Waals surface area contributed by atoms with Crippen LogP contribution in [0.2, 0.25) is 0 Å². The Kier molecular flexibility index (Phi) is 7.61. The monoisotopic (exact) mass is 374 g/mol. The predicted octanol–water partition coefficient (Wildman–Crippen LogP) is 1.83. The first-order valence-corrected chi connectivity index (χ1v) is 7.22. The van der Waals surface area contributed by atoms with E-state index in [1.165, 1.54) is 18.2 Å². The van der Waals surface area contributed by atoms with Gasteiger partial charge < -0.3 is 18.9 Å². The van der Waals surface area contributed by atoms with Crippen molar-refractivity contribution in [3.8, 4) is 12.3 Å². The molecule has 0 fully saturated rings. The molecule has 0 spiro atoms. The van der Waals surface area contributed by atoms with Gasteiger partial charge in [0.25, 0.3) is 5.60 Å². The van der Waals surface area contributed by atoms with E-state index in [4.69, 9.17) is 11.2 Å². The third-order valence-corrected chi connectivity index (χ3v) is 3.37. The summed E-state index contributed by atoms with van der Waals surface area (Å²) in [5.41, 5.74) is -3.83. The molecule has 1 aromatic rings. The Morgan fingerprint density at radius 1 is 1.19 bits per heavy atom. The van der Waals surface area contributed by atoms with Crippen LogP contribution >= 0.6 is 0 Å². The second kappa shape index (κ2) is 9.22. The van der Waals surface area contributed by atoms with Crippen LogP contribution in [0.5, 0.6) is 0 Å². The Morgan fingerprint density at radius 3 is 2.27 bits per heavy atom. The Bertz CT molecular complexity index is 653. The third kappa shape index (κ3) is 4.53. The number of hydrogen-bond donors (Lipinski definition) is 0. The fraction of sp³-hybridized carbons (Fsp3) is 0.412. The molecule has 0 heterocycles. The summed E-state index contributed by atoms with van der Waals surface area (Å²) in [4.78, 5) is 23.9. The second-order valence-corrected chi connectivity index (χ2v) is 4.87. The molecule has 0 aliphatic heterocycles. The minimum absolute atomic E-state index is 0.329. The zero-order valence-electron chi connectivity index (χ0n) is 14.0. The van der Waals surface area contributed by atoms with E-state index in [1.54, 1.807) is 0 Å². The molecule has 0 saturated heterocycles. The van der Waals surface area contributed by atoms with Gasteiger partial charge in [-0.15, -0.1) is 6.42 Å². The molecule has 1 aromatic carbocycles. The molecule has 142 valence electrons. The number of alkyl halides is 3. The number of methoxy groups -OCH3 is 2. The highest BCUT2D eigenvalue weighted by molar-refractivity contribution is 5.83. The maximum absolute atomic E-state index is 13.7. The van der Waals surface area contributed by atoms with Crippen LogP contribution in [-0.4, -0.2) is 51.7 Å². The Hall–Kier alpha value is -2.57. The lowest BCUT2D eigenvalue weighted by molar-refractivity contribution is -0.277. The number of halogens is 3. The molecular formula is C17H17F3O6. The molecule has 0 aliphatic carbocycles. The van der Waals surface area contributed by atoms with Crippen molar-refractivity contribution >= 4 is 11.9 Å². The van der Waals surface area contributed by atoms with Crippen molar-refractivity contribution in [2.75, 3.05) is 27.4 Å². The van der Waals surface area contributed by atoms with Crippen LogP contribution in [-0.2, 0) is 34.1 Å². The van der Waals surface area contributed by atoms with E-state index >= 15 is 0 Å². The topological polar surface area (TPSA) is 71.1 Å². The van der Waals surface area contributed by atoms with Crippen molar-refractivity contribution in [3.05, 3.63) is 35.9 Å². The van der Waals surface area contributed by atoms with Gasteiger partial charge in [0.1, 0.15) is 13.2 Å². The predicted molar refractivity (Wildman–Crippen MR) is 82.7 cm³/mol. The summed E-state index contributed by atoms with van der Waals surface area (Å²) in [5.74, 6) is -0.627. The SMILES string of the molecule is C#CCO[C@H](COC(=O)C(OC)(c1ccccc1)C(F)(F)F)C(=O)OC. The van der Waals surface area contributed by atoms with Crippen molar-refractivity contribution < 1.29 is 41.7 Å². The van der Waals surface area contributed by atoms with Gasteiger partial charge in [-0.2, -0.15) is 13.2 Å². The molecule has 0 N–H and O–H groups in total. The summed E-state index contributed by atoms with van der Waals surface area (Å²) in [7, 11) is 1.77. The van der Waals surface area contributed by atoms with Gasteiger partial charge in [-0.3, -0.25) is 0 Å². The van der Waals surface area contributed by atoms with Crippen LogP contribution in [0.15, 0.2) is 30.3 Å². The van der Waals surface area contributed by atoms with E-state index in [1.807, 2.05) is 0 Å².